The molecule has 0 aliphatic heterocycles. The van der Waals surface area contributed by atoms with E-state index in [-0.39, 0.29) is 11.3 Å². The first-order valence-electron chi connectivity index (χ1n) is 5.71. The van der Waals surface area contributed by atoms with Crippen molar-refractivity contribution >= 4 is 23.4 Å². The predicted octanol–water partition coefficient (Wildman–Crippen LogP) is 2.85. The zero-order valence-electron chi connectivity index (χ0n) is 10.8. The van der Waals surface area contributed by atoms with Gasteiger partial charge in [0.15, 0.2) is 0 Å². The highest BCUT2D eigenvalue weighted by Crippen LogP contribution is 2.36. The fourth-order valence-corrected chi connectivity index (χ4v) is 2.51. The summed E-state index contributed by atoms with van der Waals surface area (Å²) in [6.45, 7) is 0. The van der Waals surface area contributed by atoms with Gasteiger partial charge in [-0.1, -0.05) is 11.8 Å². The largest absolute Gasteiger partial charge is 0.497 e. The molecule has 0 aliphatic rings. The molecule has 0 amide bonds. The van der Waals surface area contributed by atoms with Crippen molar-refractivity contribution in [2.75, 3.05) is 7.11 Å². The number of carboxylic acid groups (broad SMARTS) is 1. The number of nitro groups is 1. The SMILES string of the molecule is COc1ccc([N+](=O)[O-])c(Sc2cc(C(=O)O)ccn2)c1. The number of hydrogen-bond donors (Lipinski definition) is 1. The Morgan fingerprint density at radius 2 is 2.14 bits per heavy atom. The number of rotatable bonds is 5. The summed E-state index contributed by atoms with van der Waals surface area (Å²) in [6, 6.07) is 7.05. The Labute approximate surface area is 123 Å². The molecular formula is C13H10N2O5S. The van der Waals surface area contributed by atoms with Gasteiger partial charge in [0, 0.05) is 18.3 Å². The van der Waals surface area contributed by atoms with Gasteiger partial charge < -0.3 is 9.84 Å². The molecule has 0 bridgehead atoms. The lowest BCUT2D eigenvalue weighted by Gasteiger charge is -2.05. The molecule has 8 heteroatoms. The van der Waals surface area contributed by atoms with Gasteiger partial charge in [-0.3, -0.25) is 10.1 Å². The average Bonchev–Trinajstić information content (AvgIpc) is 2.47. The third kappa shape index (κ3) is 3.48. The minimum Gasteiger partial charge on any atom is -0.497 e. The lowest BCUT2D eigenvalue weighted by molar-refractivity contribution is -0.387. The van der Waals surface area contributed by atoms with E-state index in [4.69, 9.17) is 9.84 Å². The number of ether oxygens (including phenoxy) is 1. The maximum Gasteiger partial charge on any atom is 0.335 e. The van der Waals surface area contributed by atoms with Gasteiger partial charge in [0.25, 0.3) is 5.69 Å². The van der Waals surface area contributed by atoms with Crippen LogP contribution < -0.4 is 4.74 Å². The molecular weight excluding hydrogens is 296 g/mol. The number of aromatic nitrogens is 1. The molecule has 21 heavy (non-hydrogen) atoms. The van der Waals surface area contributed by atoms with Gasteiger partial charge in [0.05, 0.1) is 22.5 Å². The molecule has 0 aliphatic carbocycles. The molecule has 108 valence electrons. The minimum atomic E-state index is -1.08. The highest BCUT2D eigenvalue weighted by molar-refractivity contribution is 7.99. The molecule has 1 N–H and O–H groups in total. The van der Waals surface area contributed by atoms with Crippen molar-refractivity contribution in [3.8, 4) is 5.75 Å². The number of nitrogens with zero attached hydrogens (tertiary/aromatic N) is 2. The normalized spacial score (nSPS) is 10.1. The number of aromatic carboxylic acids is 1. The van der Waals surface area contributed by atoms with Crippen LogP contribution in [-0.2, 0) is 0 Å². The molecule has 0 radical (unpaired) electrons. The average molecular weight is 306 g/mol. The second-order valence-electron chi connectivity index (χ2n) is 3.88. The van der Waals surface area contributed by atoms with Crippen LogP contribution in [0.1, 0.15) is 10.4 Å². The van der Waals surface area contributed by atoms with Crippen molar-refractivity contribution in [2.45, 2.75) is 9.92 Å². The first-order chi connectivity index (χ1) is 10.0. The summed E-state index contributed by atoms with van der Waals surface area (Å²) < 4.78 is 5.04. The van der Waals surface area contributed by atoms with Crippen LogP contribution in [0.3, 0.4) is 0 Å². The summed E-state index contributed by atoms with van der Waals surface area (Å²) in [6.07, 6.45) is 1.35. The van der Waals surface area contributed by atoms with E-state index >= 15 is 0 Å². The summed E-state index contributed by atoms with van der Waals surface area (Å²) in [7, 11) is 1.46. The smallest absolute Gasteiger partial charge is 0.335 e. The maximum absolute atomic E-state index is 11.0. The maximum atomic E-state index is 11.0. The Morgan fingerprint density at radius 3 is 2.76 bits per heavy atom. The van der Waals surface area contributed by atoms with Crippen molar-refractivity contribution in [3.05, 3.63) is 52.2 Å². The summed E-state index contributed by atoms with van der Waals surface area (Å²) >= 11 is 1.01. The molecule has 0 saturated carbocycles. The van der Waals surface area contributed by atoms with E-state index in [9.17, 15) is 14.9 Å². The predicted molar refractivity (Wildman–Crippen MR) is 75.0 cm³/mol. The van der Waals surface area contributed by atoms with Crippen LogP contribution in [0, 0.1) is 10.1 Å². The monoisotopic (exact) mass is 306 g/mol. The first-order valence-corrected chi connectivity index (χ1v) is 6.52. The molecule has 0 spiro atoms. The summed E-state index contributed by atoms with van der Waals surface area (Å²) in [5.41, 5.74) is -0.0265. The van der Waals surface area contributed by atoms with Crippen molar-refractivity contribution in [3.63, 3.8) is 0 Å². The number of carbonyl (C=O) groups is 1. The number of nitro benzene ring substituents is 1. The highest BCUT2D eigenvalue weighted by atomic mass is 32.2. The third-order valence-electron chi connectivity index (χ3n) is 2.56. The van der Waals surface area contributed by atoms with Crippen LogP contribution in [0.25, 0.3) is 0 Å². The molecule has 0 atom stereocenters. The standard InChI is InChI=1S/C13H10N2O5S/c1-20-9-2-3-10(15(18)19)11(7-9)21-12-6-8(13(16)17)4-5-14-12/h2-7H,1H3,(H,16,17). The van der Waals surface area contributed by atoms with Gasteiger partial charge in [-0.05, 0) is 18.2 Å². The number of benzene rings is 1. The Bertz CT molecular complexity index is 705. The second kappa shape index (κ2) is 6.23. The summed E-state index contributed by atoms with van der Waals surface area (Å²) in [4.78, 5) is 25.8. The minimum absolute atomic E-state index is 0.0676. The Morgan fingerprint density at radius 1 is 1.38 bits per heavy atom. The van der Waals surface area contributed by atoms with Crippen molar-refractivity contribution in [1.82, 2.24) is 4.98 Å². The Hall–Kier alpha value is -2.61. The van der Waals surface area contributed by atoms with Crippen molar-refractivity contribution in [1.29, 1.82) is 0 Å². The first kappa shape index (κ1) is 14.8. The van der Waals surface area contributed by atoms with E-state index in [2.05, 4.69) is 4.98 Å². The van der Waals surface area contributed by atoms with Crippen molar-refractivity contribution < 1.29 is 19.6 Å². The van der Waals surface area contributed by atoms with Crippen LogP contribution in [0.2, 0.25) is 0 Å². The fourth-order valence-electron chi connectivity index (χ4n) is 1.56. The van der Waals surface area contributed by atoms with Crippen LogP contribution in [0.15, 0.2) is 46.5 Å². The molecule has 2 rings (SSSR count). The Kier molecular flexibility index (Phi) is 4.39. The van der Waals surface area contributed by atoms with Gasteiger partial charge >= 0.3 is 5.97 Å². The van der Waals surface area contributed by atoms with Gasteiger partial charge in [0.1, 0.15) is 10.8 Å². The van der Waals surface area contributed by atoms with Crippen molar-refractivity contribution in [2.24, 2.45) is 0 Å². The fraction of sp³-hybridized carbons (Fsp3) is 0.0769. The summed E-state index contributed by atoms with van der Waals surface area (Å²) in [5, 5.41) is 20.3. The van der Waals surface area contributed by atoms with Gasteiger partial charge in [-0.25, -0.2) is 9.78 Å². The molecule has 1 aromatic heterocycles. The molecule has 0 fully saturated rings. The molecule has 0 unspecified atom stereocenters. The van der Waals surface area contributed by atoms with Crippen LogP contribution in [-0.4, -0.2) is 28.1 Å². The van der Waals surface area contributed by atoms with E-state index in [1.54, 1.807) is 0 Å². The molecule has 2 aromatic rings. The van der Waals surface area contributed by atoms with Gasteiger partial charge in [0.2, 0.25) is 0 Å². The number of hydrogen-bond acceptors (Lipinski definition) is 6. The lowest BCUT2D eigenvalue weighted by Crippen LogP contribution is -1.97. The highest BCUT2D eigenvalue weighted by Gasteiger charge is 2.17. The van der Waals surface area contributed by atoms with E-state index < -0.39 is 10.9 Å². The molecule has 7 nitrogen and oxygen atoms in total. The van der Waals surface area contributed by atoms with Crippen LogP contribution in [0.5, 0.6) is 5.75 Å². The van der Waals surface area contributed by atoms with Crippen LogP contribution >= 0.6 is 11.8 Å². The van der Waals surface area contributed by atoms with E-state index in [1.807, 2.05) is 0 Å². The molecule has 1 heterocycles. The molecule has 0 saturated heterocycles. The number of carboxylic acids is 1. The Balaban J connectivity index is 2.40. The zero-order valence-corrected chi connectivity index (χ0v) is 11.7. The van der Waals surface area contributed by atoms with Gasteiger partial charge in [-0.2, -0.15) is 0 Å². The van der Waals surface area contributed by atoms with E-state index in [0.717, 1.165) is 11.8 Å². The van der Waals surface area contributed by atoms with Crippen LogP contribution in [0.4, 0.5) is 5.69 Å². The summed E-state index contributed by atoms with van der Waals surface area (Å²) in [5.74, 6) is -0.614. The quantitative estimate of drug-likeness (QED) is 0.669. The van der Waals surface area contributed by atoms with Gasteiger partial charge in [-0.15, -0.1) is 0 Å². The van der Waals surface area contributed by atoms with E-state index in [0.29, 0.717) is 15.7 Å². The number of methoxy groups -OCH3 is 1. The number of pyridine rings is 1. The van der Waals surface area contributed by atoms with E-state index in [1.165, 1.54) is 43.6 Å². The second-order valence-corrected chi connectivity index (χ2v) is 4.94. The molecule has 1 aromatic carbocycles. The lowest BCUT2D eigenvalue weighted by atomic mass is 10.3. The zero-order chi connectivity index (χ0) is 15.4. The third-order valence-corrected chi connectivity index (χ3v) is 3.54. The topological polar surface area (TPSA) is 103 Å².